The van der Waals surface area contributed by atoms with Gasteiger partial charge in [-0.15, -0.1) is 0 Å². The van der Waals surface area contributed by atoms with E-state index in [4.69, 9.17) is 11.6 Å². The molecule has 1 aromatic carbocycles. The van der Waals surface area contributed by atoms with E-state index in [2.05, 4.69) is 12.2 Å². The normalized spacial score (nSPS) is 25.3. The summed E-state index contributed by atoms with van der Waals surface area (Å²) in [7, 11) is 1.96. The highest BCUT2D eigenvalue weighted by Crippen LogP contribution is 2.41. The second-order valence-electron chi connectivity index (χ2n) is 5.02. The maximum atomic E-state index is 13.9. The van der Waals surface area contributed by atoms with Crippen LogP contribution in [-0.2, 0) is 6.42 Å². The van der Waals surface area contributed by atoms with Gasteiger partial charge in [0.15, 0.2) is 0 Å². The first-order chi connectivity index (χ1) is 8.57. The first-order valence-electron chi connectivity index (χ1n) is 6.31. The Kier molecular flexibility index (Phi) is 4.57. The maximum absolute atomic E-state index is 13.9. The first-order valence-corrected chi connectivity index (χ1v) is 7.67. The molecule has 4 heteroatoms. The highest BCUT2D eigenvalue weighted by molar-refractivity contribution is 8.00. The predicted octanol–water partition coefficient (Wildman–Crippen LogP) is 3.90. The van der Waals surface area contributed by atoms with Gasteiger partial charge in [0, 0.05) is 10.8 Å². The minimum absolute atomic E-state index is 0.198. The van der Waals surface area contributed by atoms with Gasteiger partial charge < -0.3 is 5.32 Å². The van der Waals surface area contributed by atoms with Crippen molar-refractivity contribution in [3.05, 3.63) is 34.6 Å². The largest absolute Gasteiger partial charge is 0.315 e. The maximum Gasteiger partial charge on any atom is 0.145 e. The minimum atomic E-state index is -0.272. The van der Waals surface area contributed by atoms with Crippen LogP contribution in [0.15, 0.2) is 18.2 Å². The summed E-state index contributed by atoms with van der Waals surface area (Å²) >= 11 is 7.82. The quantitative estimate of drug-likeness (QED) is 0.901. The molecular formula is C14H19ClFNS. The van der Waals surface area contributed by atoms with Gasteiger partial charge in [-0.05, 0) is 50.6 Å². The van der Waals surface area contributed by atoms with E-state index in [0.29, 0.717) is 12.0 Å². The Morgan fingerprint density at radius 1 is 1.56 bits per heavy atom. The Labute approximate surface area is 117 Å². The number of hydrogen-bond donors (Lipinski definition) is 1. The van der Waals surface area contributed by atoms with Crippen LogP contribution in [0, 0.1) is 5.82 Å². The van der Waals surface area contributed by atoms with Crippen molar-refractivity contribution >= 4 is 23.4 Å². The van der Waals surface area contributed by atoms with Gasteiger partial charge in [0.1, 0.15) is 5.82 Å². The molecule has 2 atom stereocenters. The molecule has 100 valence electrons. The van der Waals surface area contributed by atoms with E-state index >= 15 is 0 Å². The number of rotatable bonds is 4. The molecule has 0 radical (unpaired) electrons. The summed E-state index contributed by atoms with van der Waals surface area (Å²) < 4.78 is 14.1. The Hall–Kier alpha value is -0.250. The highest BCUT2D eigenvalue weighted by Gasteiger charge is 2.37. The van der Waals surface area contributed by atoms with Crippen LogP contribution in [-0.4, -0.2) is 23.6 Å². The Bertz CT molecular complexity index is 418. The zero-order valence-electron chi connectivity index (χ0n) is 10.8. The molecule has 1 nitrogen and oxygen atoms in total. The van der Waals surface area contributed by atoms with Crippen molar-refractivity contribution < 1.29 is 4.39 Å². The van der Waals surface area contributed by atoms with E-state index in [0.717, 1.165) is 0 Å². The van der Waals surface area contributed by atoms with Crippen molar-refractivity contribution in [1.29, 1.82) is 0 Å². The molecule has 1 aliphatic rings. The van der Waals surface area contributed by atoms with Gasteiger partial charge in [-0.3, -0.25) is 0 Å². The fourth-order valence-corrected chi connectivity index (χ4v) is 4.26. The standard InChI is InChI=1S/C14H19ClFNS/c1-14(7-4-8-18-14)12(17-2)9-10-5-3-6-11(15)13(10)16/h3,5-6,12,17H,4,7-9H2,1-2H3. The lowest BCUT2D eigenvalue weighted by Gasteiger charge is -2.33. The van der Waals surface area contributed by atoms with Crippen LogP contribution in [0.2, 0.25) is 5.02 Å². The summed E-state index contributed by atoms with van der Waals surface area (Å²) in [5, 5.41) is 3.56. The molecule has 2 rings (SSSR count). The zero-order valence-corrected chi connectivity index (χ0v) is 12.4. The lowest BCUT2D eigenvalue weighted by Crippen LogP contribution is -2.45. The molecule has 2 unspecified atom stereocenters. The van der Waals surface area contributed by atoms with Gasteiger partial charge in [-0.25, -0.2) is 4.39 Å². The molecule has 1 heterocycles. The monoisotopic (exact) mass is 287 g/mol. The van der Waals surface area contributed by atoms with E-state index in [1.54, 1.807) is 6.07 Å². The van der Waals surface area contributed by atoms with Crippen molar-refractivity contribution in [2.75, 3.05) is 12.8 Å². The molecule has 1 fully saturated rings. The van der Waals surface area contributed by atoms with E-state index in [1.165, 1.54) is 18.6 Å². The van der Waals surface area contributed by atoms with Gasteiger partial charge in [0.05, 0.1) is 5.02 Å². The number of likely N-dealkylation sites (N-methyl/N-ethyl adjacent to an activating group) is 1. The van der Waals surface area contributed by atoms with E-state index < -0.39 is 0 Å². The predicted molar refractivity (Wildman–Crippen MR) is 78.1 cm³/mol. The third kappa shape index (κ3) is 2.84. The van der Waals surface area contributed by atoms with Gasteiger partial charge in [-0.1, -0.05) is 23.7 Å². The number of nitrogens with one attached hydrogen (secondary N) is 1. The lowest BCUT2D eigenvalue weighted by atomic mass is 9.91. The number of thioether (sulfide) groups is 1. The van der Waals surface area contributed by atoms with Gasteiger partial charge in [0.25, 0.3) is 0 Å². The van der Waals surface area contributed by atoms with Crippen molar-refractivity contribution in [2.45, 2.75) is 37.0 Å². The first kappa shape index (κ1) is 14.2. The van der Waals surface area contributed by atoms with E-state index in [-0.39, 0.29) is 21.6 Å². The van der Waals surface area contributed by atoms with Crippen LogP contribution >= 0.6 is 23.4 Å². The molecule has 0 spiro atoms. The Morgan fingerprint density at radius 2 is 2.33 bits per heavy atom. The average Bonchev–Trinajstić information content (AvgIpc) is 2.79. The summed E-state index contributed by atoms with van der Waals surface area (Å²) in [6, 6.07) is 5.52. The smallest absolute Gasteiger partial charge is 0.145 e. The second-order valence-corrected chi connectivity index (χ2v) is 7.06. The van der Waals surface area contributed by atoms with Crippen LogP contribution in [0.5, 0.6) is 0 Å². The molecule has 0 saturated carbocycles. The van der Waals surface area contributed by atoms with Crippen LogP contribution in [0.3, 0.4) is 0 Å². The third-order valence-electron chi connectivity index (χ3n) is 3.79. The van der Waals surface area contributed by atoms with Crippen molar-refractivity contribution in [2.24, 2.45) is 0 Å². The number of halogens is 2. The molecule has 18 heavy (non-hydrogen) atoms. The van der Waals surface area contributed by atoms with E-state index in [1.807, 2.05) is 30.9 Å². The molecule has 1 aliphatic heterocycles. The summed E-state index contributed by atoms with van der Waals surface area (Å²) in [4.78, 5) is 0. The van der Waals surface area contributed by atoms with Crippen molar-refractivity contribution in [3.8, 4) is 0 Å². The summed E-state index contributed by atoms with van der Waals surface area (Å²) in [6.07, 6.45) is 3.12. The number of hydrogen-bond acceptors (Lipinski definition) is 2. The van der Waals surface area contributed by atoms with Crippen LogP contribution in [0.25, 0.3) is 0 Å². The zero-order chi connectivity index (χ0) is 13.2. The summed E-state index contributed by atoms with van der Waals surface area (Å²) in [5.74, 6) is 0.929. The Morgan fingerprint density at radius 3 is 2.94 bits per heavy atom. The van der Waals surface area contributed by atoms with Gasteiger partial charge in [-0.2, -0.15) is 11.8 Å². The molecule has 1 saturated heterocycles. The Balaban J connectivity index is 2.17. The van der Waals surface area contributed by atoms with Crippen LogP contribution in [0.1, 0.15) is 25.3 Å². The minimum Gasteiger partial charge on any atom is -0.315 e. The molecule has 1 aromatic rings. The molecule has 0 aliphatic carbocycles. The molecule has 0 amide bonds. The molecule has 1 N–H and O–H groups in total. The SMILES string of the molecule is CNC(Cc1cccc(Cl)c1F)C1(C)CCCS1. The highest BCUT2D eigenvalue weighted by atomic mass is 35.5. The third-order valence-corrected chi connectivity index (χ3v) is 5.72. The number of benzene rings is 1. The van der Waals surface area contributed by atoms with Gasteiger partial charge >= 0.3 is 0 Å². The fraction of sp³-hybridized carbons (Fsp3) is 0.571. The second kappa shape index (κ2) is 5.81. The fourth-order valence-electron chi connectivity index (χ4n) is 2.62. The molecular weight excluding hydrogens is 269 g/mol. The van der Waals surface area contributed by atoms with Crippen LogP contribution in [0.4, 0.5) is 4.39 Å². The van der Waals surface area contributed by atoms with E-state index in [9.17, 15) is 4.39 Å². The van der Waals surface area contributed by atoms with Gasteiger partial charge in [0.2, 0.25) is 0 Å². The van der Waals surface area contributed by atoms with Crippen molar-refractivity contribution in [1.82, 2.24) is 5.32 Å². The molecule has 0 bridgehead atoms. The summed E-state index contributed by atoms with van der Waals surface area (Å²) in [5.41, 5.74) is 0.704. The average molecular weight is 288 g/mol. The molecule has 0 aromatic heterocycles. The van der Waals surface area contributed by atoms with Crippen LogP contribution < -0.4 is 5.32 Å². The summed E-state index contributed by atoms with van der Waals surface area (Å²) in [6.45, 7) is 2.27. The van der Waals surface area contributed by atoms with Crippen molar-refractivity contribution in [3.63, 3.8) is 0 Å². The lowest BCUT2D eigenvalue weighted by molar-refractivity contribution is 0.418. The topological polar surface area (TPSA) is 12.0 Å².